The van der Waals surface area contributed by atoms with Crippen LogP contribution in [0.2, 0.25) is 0 Å². The molecule has 0 amide bonds. The Morgan fingerprint density at radius 3 is 1.96 bits per heavy atom. The monoisotopic (exact) mass is 744 g/mol. The molecule has 0 aromatic heterocycles. The summed E-state index contributed by atoms with van der Waals surface area (Å²) in [6, 6.07) is 0. The second kappa shape index (κ2) is 15.8. The number of carboxylic acid groups (broad SMARTS) is 1. The highest BCUT2D eigenvalue weighted by molar-refractivity contribution is 5.71. The highest BCUT2D eigenvalue weighted by atomic mass is 16.8. The summed E-state index contributed by atoms with van der Waals surface area (Å²) in [5, 5.41) is 116. The van der Waals surface area contributed by atoms with Gasteiger partial charge in [-0.25, -0.2) is 0 Å². The van der Waals surface area contributed by atoms with E-state index >= 15 is 0 Å². The fourth-order valence-electron chi connectivity index (χ4n) is 7.67. The minimum Gasteiger partial charge on any atom is -0.481 e. The molecule has 4 bridgehead atoms. The molecular formula is C30H48O21. The fraction of sp³-hybridized carbons (Fsp3) is 0.967. The zero-order valence-electron chi connectivity index (χ0n) is 27.5. The molecule has 6 aliphatic rings. The van der Waals surface area contributed by atoms with Gasteiger partial charge >= 0.3 is 5.97 Å². The molecule has 21 atom stereocenters. The molecule has 0 spiro atoms. The van der Waals surface area contributed by atoms with Gasteiger partial charge in [0.25, 0.3) is 0 Å². The third-order valence-corrected chi connectivity index (χ3v) is 10.5. The topological polar surface area (TPSA) is 323 Å². The highest BCUT2D eigenvalue weighted by Gasteiger charge is 2.65. The van der Waals surface area contributed by atoms with Gasteiger partial charge in [0.05, 0.1) is 26.4 Å². The minimum absolute atomic E-state index is 0.0538. The quantitative estimate of drug-likeness (QED) is 0.0835. The van der Waals surface area contributed by atoms with E-state index in [0.29, 0.717) is 12.8 Å². The van der Waals surface area contributed by atoms with Gasteiger partial charge in [0.2, 0.25) is 5.79 Å². The Labute approximate surface area is 290 Å². The first kappa shape index (κ1) is 39.4. The van der Waals surface area contributed by atoms with Crippen molar-refractivity contribution in [3.8, 4) is 0 Å². The highest BCUT2D eigenvalue weighted by Crippen LogP contribution is 2.45. The SMILES string of the molecule is CCCCC(C(=O)O)[C@@]1(O[C@@H]2[C@H]3OC[C@@H]2O[C@@H](O[C@@H]2[C@@H](O)[C@H](O[C@@H]4[C@H]5OC[C@@H]4O[C@@H](O)[C@H]5O)O[C@H](CO)[C@H]2O)[C@H]3O)O[C@H](CO)[C@H](O)[C@H](O)[C@H]1O. The standard InChI is InChI=1S/C30H48O21/c1-2-3-4-9(26(40)41)30(25(39)16(35)14(33)11(6-32)50-30)51-21-13-8-44-24(21)19(38)29(47-13)49-22-15(34)10(5-31)46-28(18(22)37)48-20-12-7-43-23(20)17(36)27(42)45-12/h9-25,27-29,31-39,42H,2-8H2,1H3,(H,40,41)/t9?,10-,11-,12+,13+,14+,15-,16+,17+,18-,19+,20+,21+,22+,23+,24+,25-,27-,28+,29+,30+/m1/s1. The molecule has 6 aliphatic heterocycles. The lowest BCUT2D eigenvalue weighted by molar-refractivity contribution is -0.410. The van der Waals surface area contributed by atoms with Crippen molar-refractivity contribution < 1.29 is 104 Å². The van der Waals surface area contributed by atoms with Crippen LogP contribution in [0.15, 0.2) is 0 Å². The zero-order chi connectivity index (χ0) is 36.9. The Morgan fingerprint density at radius 2 is 1.33 bits per heavy atom. The van der Waals surface area contributed by atoms with Crippen LogP contribution in [-0.4, -0.2) is 211 Å². The third-order valence-electron chi connectivity index (χ3n) is 10.5. The van der Waals surface area contributed by atoms with E-state index in [0.717, 1.165) is 0 Å². The molecule has 21 heteroatoms. The van der Waals surface area contributed by atoms with Crippen LogP contribution < -0.4 is 0 Å². The number of carbonyl (C=O) groups is 1. The molecule has 0 aromatic carbocycles. The Morgan fingerprint density at radius 1 is 0.725 bits per heavy atom. The Hall–Kier alpha value is -1.29. The molecule has 0 aromatic rings. The average molecular weight is 745 g/mol. The first-order valence-corrected chi connectivity index (χ1v) is 17.0. The summed E-state index contributed by atoms with van der Waals surface area (Å²) in [5.74, 6) is -5.69. The predicted molar refractivity (Wildman–Crippen MR) is 157 cm³/mol. The number of aliphatic hydroxyl groups excluding tert-OH is 10. The average Bonchev–Trinajstić information content (AvgIpc) is 3.59. The van der Waals surface area contributed by atoms with Gasteiger partial charge in [0.15, 0.2) is 18.9 Å². The molecule has 6 saturated heterocycles. The molecule has 11 N–H and O–H groups in total. The maximum Gasteiger partial charge on any atom is 0.312 e. The number of unbranched alkanes of at least 4 members (excludes halogenated alkanes) is 1. The third kappa shape index (κ3) is 7.06. The number of hydrogen-bond donors (Lipinski definition) is 11. The molecule has 0 radical (unpaired) electrons. The van der Waals surface area contributed by atoms with Crippen LogP contribution in [0.5, 0.6) is 0 Å². The smallest absolute Gasteiger partial charge is 0.312 e. The maximum atomic E-state index is 12.6. The van der Waals surface area contributed by atoms with Gasteiger partial charge in [0.1, 0.15) is 104 Å². The summed E-state index contributed by atoms with van der Waals surface area (Å²) in [7, 11) is 0. The number of aliphatic hydroxyl groups is 10. The van der Waals surface area contributed by atoms with Crippen molar-refractivity contribution >= 4 is 5.97 Å². The molecule has 51 heavy (non-hydrogen) atoms. The Balaban J connectivity index is 1.20. The Kier molecular flexibility index (Phi) is 12.2. The van der Waals surface area contributed by atoms with Crippen LogP contribution in [0.4, 0.5) is 0 Å². The second-order valence-corrected chi connectivity index (χ2v) is 13.7. The molecule has 6 heterocycles. The first-order valence-electron chi connectivity index (χ1n) is 17.0. The molecule has 6 fully saturated rings. The van der Waals surface area contributed by atoms with Crippen LogP contribution in [0.3, 0.4) is 0 Å². The van der Waals surface area contributed by atoms with Crippen molar-refractivity contribution in [2.24, 2.45) is 5.92 Å². The molecule has 294 valence electrons. The van der Waals surface area contributed by atoms with Gasteiger partial charge in [0, 0.05) is 0 Å². The van der Waals surface area contributed by atoms with Crippen molar-refractivity contribution in [2.45, 2.75) is 149 Å². The summed E-state index contributed by atoms with van der Waals surface area (Å²) in [5.41, 5.74) is 0. The summed E-state index contributed by atoms with van der Waals surface area (Å²) in [6.07, 6.45) is -28.3. The Bertz CT molecular complexity index is 1180. The van der Waals surface area contributed by atoms with Crippen molar-refractivity contribution in [3.63, 3.8) is 0 Å². The molecule has 1 unspecified atom stereocenters. The lowest BCUT2D eigenvalue weighted by Crippen LogP contribution is -2.72. The maximum absolute atomic E-state index is 12.6. The van der Waals surface area contributed by atoms with Crippen LogP contribution in [0.25, 0.3) is 0 Å². The summed E-state index contributed by atoms with van der Waals surface area (Å²) >= 11 is 0. The zero-order valence-corrected chi connectivity index (χ0v) is 27.5. The second-order valence-electron chi connectivity index (χ2n) is 13.7. The van der Waals surface area contributed by atoms with E-state index in [9.17, 15) is 61.0 Å². The van der Waals surface area contributed by atoms with Crippen molar-refractivity contribution in [2.75, 3.05) is 26.4 Å². The van der Waals surface area contributed by atoms with Crippen LogP contribution in [-0.2, 0) is 47.4 Å². The molecule has 21 nitrogen and oxygen atoms in total. The normalized spacial score (nSPS) is 51.8. The lowest BCUT2D eigenvalue weighted by atomic mass is 9.81. The van der Waals surface area contributed by atoms with E-state index in [-0.39, 0.29) is 19.6 Å². The molecule has 0 saturated carbocycles. The van der Waals surface area contributed by atoms with Gasteiger partial charge in [-0.2, -0.15) is 0 Å². The van der Waals surface area contributed by atoms with Gasteiger partial charge < -0.3 is 98.8 Å². The van der Waals surface area contributed by atoms with Crippen molar-refractivity contribution in [1.29, 1.82) is 0 Å². The van der Waals surface area contributed by atoms with Gasteiger partial charge in [-0.1, -0.05) is 19.8 Å². The summed E-state index contributed by atoms with van der Waals surface area (Å²) < 4.78 is 51.8. The molecule has 0 aliphatic carbocycles. The van der Waals surface area contributed by atoms with E-state index in [1.165, 1.54) is 0 Å². The summed E-state index contributed by atoms with van der Waals surface area (Å²) in [6.45, 7) is -0.162. The van der Waals surface area contributed by atoms with E-state index < -0.39 is 147 Å². The number of fused-ring (bicyclic) bond motifs is 4. The van der Waals surface area contributed by atoms with E-state index in [1.807, 2.05) is 0 Å². The lowest BCUT2D eigenvalue weighted by Gasteiger charge is -2.53. The minimum atomic E-state index is -2.57. The predicted octanol–water partition coefficient (Wildman–Crippen LogP) is -6.40. The number of carboxylic acids is 1. The largest absolute Gasteiger partial charge is 0.481 e. The fourth-order valence-corrected chi connectivity index (χ4v) is 7.67. The molecular weight excluding hydrogens is 696 g/mol. The van der Waals surface area contributed by atoms with Gasteiger partial charge in [-0.15, -0.1) is 0 Å². The molecule has 6 rings (SSSR count). The number of aliphatic carboxylic acids is 1. The number of hydrogen-bond acceptors (Lipinski definition) is 20. The summed E-state index contributed by atoms with van der Waals surface area (Å²) in [4.78, 5) is 12.6. The van der Waals surface area contributed by atoms with Crippen molar-refractivity contribution in [1.82, 2.24) is 0 Å². The van der Waals surface area contributed by atoms with Crippen LogP contribution in [0.1, 0.15) is 26.2 Å². The van der Waals surface area contributed by atoms with E-state index in [2.05, 4.69) is 0 Å². The first-order chi connectivity index (χ1) is 24.3. The van der Waals surface area contributed by atoms with Crippen molar-refractivity contribution in [3.05, 3.63) is 0 Å². The number of rotatable bonds is 13. The van der Waals surface area contributed by atoms with Gasteiger partial charge in [-0.3, -0.25) is 4.79 Å². The van der Waals surface area contributed by atoms with Crippen LogP contribution >= 0.6 is 0 Å². The van der Waals surface area contributed by atoms with Crippen LogP contribution in [0, 0.1) is 5.92 Å². The van der Waals surface area contributed by atoms with Gasteiger partial charge in [-0.05, 0) is 6.42 Å². The van der Waals surface area contributed by atoms with E-state index in [1.54, 1.807) is 6.92 Å². The van der Waals surface area contributed by atoms with E-state index in [4.69, 9.17) is 42.6 Å². The number of ether oxygens (including phenoxy) is 9.